The lowest BCUT2D eigenvalue weighted by molar-refractivity contribution is 0.516. The molecule has 0 unspecified atom stereocenters. The summed E-state index contributed by atoms with van der Waals surface area (Å²) in [6.45, 7) is 1.11. The molecule has 2 aliphatic rings. The van der Waals surface area contributed by atoms with Crippen molar-refractivity contribution in [3.05, 3.63) is 102 Å². The highest BCUT2D eigenvalue weighted by atomic mass is 14.9. The van der Waals surface area contributed by atoms with Crippen LogP contribution in [0.25, 0.3) is 0 Å². The van der Waals surface area contributed by atoms with Crippen molar-refractivity contribution < 1.29 is 0 Å². The normalized spacial score (nSPS) is 18.6. The second-order valence-corrected chi connectivity index (χ2v) is 6.26. The van der Waals surface area contributed by atoms with Gasteiger partial charge in [-0.25, -0.2) is 0 Å². The second kappa shape index (κ2) is 8.22. The number of fused-ring (bicyclic) bond motifs is 5. The van der Waals surface area contributed by atoms with Gasteiger partial charge in [0.2, 0.25) is 0 Å². The van der Waals surface area contributed by atoms with Crippen molar-refractivity contribution in [1.29, 1.82) is 0 Å². The Bertz CT molecular complexity index is 793. The molecule has 0 amide bonds. The van der Waals surface area contributed by atoms with E-state index in [0.717, 1.165) is 12.5 Å². The molecule has 25 heavy (non-hydrogen) atoms. The van der Waals surface area contributed by atoms with E-state index in [2.05, 4.69) is 66.7 Å². The first kappa shape index (κ1) is 16.9. The van der Waals surface area contributed by atoms with Crippen LogP contribution in [0.2, 0.25) is 0 Å². The van der Waals surface area contributed by atoms with Gasteiger partial charge in [0.05, 0.1) is 0 Å². The maximum Gasteiger partial charge on any atom is 0.0379 e. The number of rotatable bonds is 0. The summed E-state index contributed by atoms with van der Waals surface area (Å²) >= 11 is 0. The Balaban J connectivity index is 0.000000193. The van der Waals surface area contributed by atoms with E-state index in [1.54, 1.807) is 11.1 Å². The second-order valence-electron chi connectivity index (χ2n) is 6.26. The Morgan fingerprint density at radius 3 is 1.92 bits per heavy atom. The molecule has 0 saturated heterocycles. The van der Waals surface area contributed by atoms with Gasteiger partial charge in [-0.1, -0.05) is 78.9 Å². The molecule has 1 nitrogen and oxygen atoms in total. The fraction of sp³-hybridized carbons (Fsp3) is 0.167. The molecule has 1 heterocycles. The summed E-state index contributed by atoms with van der Waals surface area (Å²) in [6.07, 6.45) is 9.22. The van der Waals surface area contributed by atoms with Crippen molar-refractivity contribution in [2.45, 2.75) is 12.3 Å². The molecule has 3 aromatic carbocycles. The summed E-state index contributed by atoms with van der Waals surface area (Å²) in [5, 5.41) is 3.57. The smallest absolute Gasteiger partial charge is 0.0379 e. The molecule has 0 aromatic heterocycles. The Kier molecular flexibility index (Phi) is 5.54. The number of benzene rings is 3. The monoisotopic (exact) mass is 325 g/mol. The fourth-order valence-electron chi connectivity index (χ4n) is 3.84. The molecule has 1 heteroatoms. The summed E-state index contributed by atoms with van der Waals surface area (Å²) in [5.74, 6) is 1.35. The van der Waals surface area contributed by atoms with Crippen LogP contribution in [0.1, 0.15) is 22.6 Å². The van der Waals surface area contributed by atoms with Crippen molar-refractivity contribution in [2.75, 3.05) is 11.9 Å². The van der Waals surface area contributed by atoms with E-state index in [9.17, 15) is 0 Å². The highest BCUT2D eigenvalue weighted by Gasteiger charge is 2.36. The Hall–Kier alpha value is -2.98. The standard InChI is InChI=1S/C16H15N.C6H6.C2H2/c1-2-6-13-11(5-1)9-12-10-17-15-8-4-3-7-14(15)16(12)13;1-2-4-6-5-3-1;1-2/h1-8,12,16-17H,9-10H2;1-6H;1-2H/t12-,16+;;/m0../s1. The summed E-state index contributed by atoms with van der Waals surface area (Å²) in [7, 11) is 0. The molecule has 124 valence electrons. The molecule has 1 aliphatic carbocycles. The van der Waals surface area contributed by atoms with Gasteiger partial charge < -0.3 is 5.32 Å². The lowest BCUT2D eigenvalue weighted by Gasteiger charge is -2.30. The summed E-state index contributed by atoms with van der Waals surface area (Å²) in [4.78, 5) is 0. The van der Waals surface area contributed by atoms with Gasteiger partial charge in [-0.05, 0) is 35.1 Å². The lowest BCUT2D eigenvalue weighted by Crippen LogP contribution is -2.25. The minimum Gasteiger partial charge on any atom is -0.384 e. The van der Waals surface area contributed by atoms with Crippen molar-refractivity contribution in [1.82, 2.24) is 0 Å². The zero-order chi connectivity index (χ0) is 17.5. The van der Waals surface area contributed by atoms with Gasteiger partial charge in [0.1, 0.15) is 0 Å². The van der Waals surface area contributed by atoms with Crippen LogP contribution < -0.4 is 5.32 Å². The van der Waals surface area contributed by atoms with Crippen molar-refractivity contribution in [2.24, 2.45) is 5.92 Å². The molecule has 1 aliphatic heterocycles. The molecular formula is C24H23N. The average molecular weight is 325 g/mol. The number of hydrogen-bond donors (Lipinski definition) is 1. The van der Waals surface area contributed by atoms with Gasteiger partial charge in [0.15, 0.2) is 0 Å². The molecule has 5 rings (SSSR count). The minimum absolute atomic E-state index is 0.614. The van der Waals surface area contributed by atoms with Crippen LogP contribution in [0, 0.1) is 18.8 Å². The van der Waals surface area contributed by atoms with Crippen molar-refractivity contribution in [3.8, 4) is 12.8 Å². The van der Waals surface area contributed by atoms with E-state index in [1.807, 2.05) is 36.4 Å². The van der Waals surface area contributed by atoms with Gasteiger partial charge >= 0.3 is 0 Å². The van der Waals surface area contributed by atoms with Crippen LogP contribution >= 0.6 is 0 Å². The zero-order valence-corrected chi connectivity index (χ0v) is 14.3. The molecule has 0 fully saturated rings. The zero-order valence-electron chi connectivity index (χ0n) is 14.3. The van der Waals surface area contributed by atoms with E-state index >= 15 is 0 Å². The quantitative estimate of drug-likeness (QED) is 0.549. The van der Waals surface area contributed by atoms with Crippen LogP contribution in [0.4, 0.5) is 5.69 Å². The third-order valence-corrected chi connectivity index (χ3v) is 4.86. The Morgan fingerprint density at radius 2 is 1.24 bits per heavy atom. The fourth-order valence-corrected chi connectivity index (χ4v) is 3.84. The van der Waals surface area contributed by atoms with Gasteiger partial charge in [0.25, 0.3) is 0 Å². The SMILES string of the molecule is C#C.c1ccc2c(c1)C[C@H]1CNc3ccccc3[C@@H]21.c1ccccc1. The van der Waals surface area contributed by atoms with Crippen molar-refractivity contribution in [3.63, 3.8) is 0 Å². The average Bonchev–Trinajstić information content (AvgIpc) is 3.10. The van der Waals surface area contributed by atoms with Gasteiger partial charge in [-0.15, -0.1) is 12.8 Å². The first-order chi connectivity index (χ1) is 12.4. The molecule has 0 bridgehead atoms. The molecule has 3 aromatic rings. The predicted octanol–water partition coefficient (Wildman–Crippen LogP) is 5.35. The molecule has 0 radical (unpaired) electrons. The molecular weight excluding hydrogens is 302 g/mol. The van der Waals surface area contributed by atoms with Crippen molar-refractivity contribution >= 4 is 5.69 Å². The van der Waals surface area contributed by atoms with E-state index in [-0.39, 0.29) is 0 Å². The number of hydrogen-bond acceptors (Lipinski definition) is 1. The first-order valence-corrected chi connectivity index (χ1v) is 8.67. The van der Waals surface area contributed by atoms with Gasteiger partial charge in [0, 0.05) is 18.2 Å². The third-order valence-electron chi connectivity index (χ3n) is 4.86. The van der Waals surface area contributed by atoms with E-state index in [4.69, 9.17) is 0 Å². The molecule has 0 saturated carbocycles. The molecule has 1 N–H and O–H groups in total. The van der Waals surface area contributed by atoms with Crippen LogP contribution in [0.3, 0.4) is 0 Å². The minimum atomic E-state index is 0.614. The largest absolute Gasteiger partial charge is 0.384 e. The lowest BCUT2D eigenvalue weighted by atomic mass is 9.82. The molecule has 2 atom stereocenters. The van der Waals surface area contributed by atoms with Crippen LogP contribution in [0.15, 0.2) is 84.9 Å². The number of terminal acetylenes is 1. The Labute approximate surface area is 150 Å². The van der Waals surface area contributed by atoms with E-state index in [0.29, 0.717) is 5.92 Å². The van der Waals surface area contributed by atoms with Crippen LogP contribution in [0.5, 0.6) is 0 Å². The number of anilines is 1. The third kappa shape index (κ3) is 3.59. The maximum absolute atomic E-state index is 4.00. The van der Waals surface area contributed by atoms with Gasteiger partial charge in [-0.3, -0.25) is 0 Å². The Morgan fingerprint density at radius 1 is 0.680 bits per heavy atom. The number of nitrogens with one attached hydrogen (secondary N) is 1. The van der Waals surface area contributed by atoms with Crippen LogP contribution in [-0.4, -0.2) is 6.54 Å². The maximum atomic E-state index is 4.00. The van der Waals surface area contributed by atoms with E-state index < -0.39 is 0 Å². The number of para-hydroxylation sites is 1. The summed E-state index contributed by atoms with van der Waals surface area (Å²) in [5.41, 5.74) is 5.90. The topological polar surface area (TPSA) is 12.0 Å². The first-order valence-electron chi connectivity index (χ1n) is 8.67. The highest BCUT2D eigenvalue weighted by Crippen LogP contribution is 2.47. The summed E-state index contributed by atoms with van der Waals surface area (Å²) < 4.78 is 0. The molecule has 0 spiro atoms. The van der Waals surface area contributed by atoms with Gasteiger partial charge in [-0.2, -0.15) is 0 Å². The highest BCUT2D eigenvalue weighted by molar-refractivity contribution is 5.60. The van der Waals surface area contributed by atoms with E-state index in [1.165, 1.54) is 17.7 Å². The predicted molar refractivity (Wildman–Crippen MR) is 107 cm³/mol. The summed E-state index contributed by atoms with van der Waals surface area (Å²) in [6, 6.07) is 29.7. The van der Waals surface area contributed by atoms with Crippen LogP contribution in [-0.2, 0) is 6.42 Å².